The maximum absolute atomic E-state index is 14.1. The molecule has 0 bridgehead atoms. The highest BCUT2D eigenvalue weighted by Gasteiger charge is 2.31. The Bertz CT molecular complexity index is 1680. The number of benzene rings is 1. The molecule has 0 spiro atoms. The molecule has 0 unspecified atom stereocenters. The highest BCUT2D eigenvalue weighted by Crippen LogP contribution is 2.30. The Hall–Kier alpha value is -4.42. The Morgan fingerprint density at radius 1 is 1.09 bits per heavy atom. The molecule has 13 heteroatoms. The minimum Gasteiger partial charge on any atom is -0.356 e. The predicted octanol–water partition coefficient (Wildman–Crippen LogP) is 4.32. The van der Waals surface area contributed by atoms with E-state index >= 15 is 0 Å². The van der Waals surface area contributed by atoms with Crippen molar-refractivity contribution in [2.24, 2.45) is 0 Å². The van der Waals surface area contributed by atoms with Crippen molar-refractivity contribution in [2.45, 2.75) is 12.7 Å². The molecule has 1 aromatic carbocycles. The van der Waals surface area contributed by atoms with Crippen molar-refractivity contribution in [1.82, 2.24) is 24.5 Å². The molecule has 0 fully saturated rings. The van der Waals surface area contributed by atoms with E-state index in [1.165, 1.54) is 12.3 Å². The van der Waals surface area contributed by atoms with Crippen LogP contribution < -0.4 is 5.56 Å². The summed E-state index contributed by atoms with van der Waals surface area (Å²) in [6, 6.07) is 2.94. The van der Waals surface area contributed by atoms with E-state index in [-0.39, 0.29) is 40.0 Å². The Balaban J connectivity index is 1.50. The molecule has 5 aromatic rings. The Morgan fingerprint density at radius 2 is 1.80 bits per heavy atom. The fraction of sp³-hybridized carbons (Fsp3) is 0.0909. The largest absolute Gasteiger partial charge is 0.417 e. The summed E-state index contributed by atoms with van der Waals surface area (Å²) in [5.74, 6) is -4.91. The summed E-state index contributed by atoms with van der Waals surface area (Å²) in [6.07, 6.45) is -1.55. The van der Waals surface area contributed by atoms with E-state index in [9.17, 15) is 35.9 Å². The van der Waals surface area contributed by atoms with Crippen LogP contribution in [0.15, 0.2) is 47.7 Å². The van der Waals surface area contributed by atoms with E-state index in [2.05, 4.69) is 19.9 Å². The van der Waals surface area contributed by atoms with Crippen LogP contribution in [0.3, 0.4) is 0 Å². The number of ketones is 1. The standard InChI is InChI=1S/C22H11F6N5O2/c23-10-4-13(24)17(14(25)5-10)19(34)12-7-29-18-11(12)1-2-33(21(18)35)8-16-31-15-3-9(22(26,27)28)6-30-20(15)32-16/h1-7,29H,8H2,(H,30,31,32). The molecule has 5 rings (SSSR count). The minimum atomic E-state index is -4.59. The molecule has 0 saturated heterocycles. The predicted molar refractivity (Wildman–Crippen MR) is 110 cm³/mol. The number of nitrogens with zero attached hydrogens (tertiary/aromatic N) is 3. The van der Waals surface area contributed by atoms with Gasteiger partial charge in [-0.25, -0.2) is 23.1 Å². The van der Waals surface area contributed by atoms with E-state index in [0.29, 0.717) is 18.3 Å². The molecule has 2 N–H and O–H groups in total. The fourth-order valence-corrected chi connectivity index (χ4v) is 3.71. The summed E-state index contributed by atoms with van der Waals surface area (Å²) >= 11 is 0. The number of rotatable bonds is 4. The zero-order valence-electron chi connectivity index (χ0n) is 17.2. The van der Waals surface area contributed by atoms with Crippen LogP contribution in [0.25, 0.3) is 22.1 Å². The first-order valence-corrected chi connectivity index (χ1v) is 9.84. The van der Waals surface area contributed by atoms with Gasteiger partial charge >= 0.3 is 6.18 Å². The molecular formula is C22H11F6N5O2. The number of hydrogen-bond donors (Lipinski definition) is 2. The monoisotopic (exact) mass is 491 g/mol. The SMILES string of the molecule is O=C(c1c(F)cc(F)cc1F)c1c[nH]c2c(=O)n(Cc3nc4ncc(C(F)(F)F)cc4[nH]3)ccc12. The number of fused-ring (bicyclic) bond motifs is 2. The molecule has 7 nitrogen and oxygen atoms in total. The van der Waals surface area contributed by atoms with Crippen LogP contribution >= 0.6 is 0 Å². The van der Waals surface area contributed by atoms with Crippen molar-refractivity contribution in [2.75, 3.05) is 0 Å². The van der Waals surface area contributed by atoms with Gasteiger partial charge in [-0.15, -0.1) is 0 Å². The first-order chi connectivity index (χ1) is 16.5. The number of pyridine rings is 2. The lowest BCUT2D eigenvalue weighted by Crippen LogP contribution is -2.20. The number of alkyl halides is 3. The third-order valence-corrected chi connectivity index (χ3v) is 5.33. The summed E-state index contributed by atoms with van der Waals surface area (Å²) < 4.78 is 81.1. The molecular weight excluding hydrogens is 480 g/mol. The number of halogens is 6. The number of hydrogen-bond acceptors (Lipinski definition) is 4. The number of aromatic nitrogens is 5. The van der Waals surface area contributed by atoms with E-state index in [4.69, 9.17) is 0 Å². The fourth-order valence-electron chi connectivity index (χ4n) is 3.71. The molecule has 0 aliphatic heterocycles. The van der Waals surface area contributed by atoms with Gasteiger partial charge < -0.3 is 14.5 Å². The molecule has 0 radical (unpaired) electrons. The molecule has 35 heavy (non-hydrogen) atoms. The van der Waals surface area contributed by atoms with Crippen LogP contribution in [0.5, 0.6) is 0 Å². The van der Waals surface area contributed by atoms with Gasteiger partial charge in [0.25, 0.3) is 5.56 Å². The molecule has 0 saturated carbocycles. The maximum Gasteiger partial charge on any atom is 0.417 e. The highest BCUT2D eigenvalue weighted by molar-refractivity contribution is 6.16. The van der Waals surface area contributed by atoms with E-state index in [1.807, 2.05) is 0 Å². The molecule has 0 atom stereocenters. The molecule has 4 heterocycles. The van der Waals surface area contributed by atoms with Crippen molar-refractivity contribution in [3.8, 4) is 0 Å². The first-order valence-electron chi connectivity index (χ1n) is 9.84. The summed E-state index contributed by atoms with van der Waals surface area (Å²) in [7, 11) is 0. The van der Waals surface area contributed by atoms with Gasteiger partial charge in [-0.3, -0.25) is 9.59 Å². The van der Waals surface area contributed by atoms with Crippen molar-refractivity contribution >= 4 is 27.9 Å². The van der Waals surface area contributed by atoms with E-state index in [1.54, 1.807) is 0 Å². The zero-order valence-corrected chi connectivity index (χ0v) is 17.2. The van der Waals surface area contributed by atoms with Gasteiger partial charge in [0.15, 0.2) is 5.65 Å². The van der Waals surface area contributed by atoms with Crippen molar-refractivity contribution in [1.29, 1.82) is 0 Å². The van der Waals surface area contributed by atoms with Crippen LogP contribution in [-0.2, 0) is 12.7 Å². The number of nitrogens with one attached hydrogen (secondary N) is 2. The van der Waals surface area contributed by atoms with Gasteiger partial charge in [-0.05, 0) is 12.1 Å². The second-order valence-corrected chi connectivity index (χ2v) is 7.59. The van der Waals surface area contributed by atoms with Crippen LogP contribution in [-0.4, -0.2) is 30.3 Å². The quantitative estimate of drug-likeness (QED) is 0.289. The summed E-state index contributed by atoms with van der Waals surface area (Å²) in [5, 5.41) is 0.0699. The van der Waals surface area contributed by atoms with Crippen LogP contribution in [0, 0.1) is 17.5 Å². The van der Waals surface area contributed by atoms with Crippen LogP contribution in [0.1, 0.15) is 27.3 Å². The smallest absolute Gasteiger partial charge is 0.356 e. The number of carbonyl (C=O) groups excluding carboxylic acids is 1. The lowest BCUT2D eigenvalue weighted by Gasteiger charge is -2.05. The zero-order chi connectivity index (χ0) is 25.1. The van der Waals surface area contributed by atoms with E-state index in [0.717, 1.165) is 16.8 Å². The second-order valence-electron chi connectivity index (χ2n) is 7.59. The van der Waals surface area contributed by atoms with Gasteiger partial charge in [-0.1, -0.05) is 0 Å². The Labute approximate surface area is 190 Å². The normalized spacial score (nSPS) is 12.1. The van der Waals surface area contributed by atoms with Gasteiger partial charge in [0.2, 0.25) is 5.78 Å². The average Bonchev–Trinajstić information content (AvgIpc) is 3.37. The van der Waals surface area contributed by atoms with Gasteiger partial charge in [-0.2, -0.15) is 13.2 Å². The Kier molecular flexibility index (Phi) is 5.00. The second kappa shape index (κ2) is 7.82. The van der Waals surface area contributed by atoms with Crippen LogP contribution in [0.4, 0.5) is 26.3 Å². The molecule has 4 aromatic heterocycles. The minimum absolute atomic E-state index is 0.0261. The summed E-state index contributed by atoms with van der Waals surface area (Å²) in [5.41, 5.74) is -2.78. The molecule has 0 amide bonds. The number of H-pyrrole nitrogens is 2. The van der Waals surface area contributed by atoms with Gasteiger partial charge in [0.1, 0.15) is 28.8 Å². The maximum atomic E-state index is 14.1. The Morgan fingerprint density at radius 3 is 2.49 bits per heavy atom. The van der Waals surface area contributed by atoms with Gasteiger partial charge in [0.05, 0.1) is 23.2 Å². The van der Waals surface area contributed by atoms with Crippen molar-refractivity contribution < 1.29 is 31.1 Å². The van der Waals surface area contributed by atoms with Gasteiger partial charge in [0, 0.05) is 41.7 Å². The number of aromatic amines is 2. The van der Waals surface area contributed by atoms with E-state index < -0.39 is 46.1 Å². The molecule has 0 aliphatic rings. The number of carbonyl (C=O) groups is 1. The molecule has 0 aliphatic carbocycles. The highest BCUT2D eigenvalue weighted by atomic mass is 19.4. The van der Waals surface area contributed by atoms with Crippen molar-refractivity contribution in [3.63, 3.8) is 0 Å². The van der Waals surface area contributed by atoms with Crippen molar-refractivity contribution in [3.05, 3.63) is 93.2 Å². The number of imidazole rings is 1. The third-order valence-electron chi connectivity index (χ3n) is 5.33. The summed E-state index contributed by atoms with van der Waals surface area (Å²) in [6.45, 7) is -0.171. The molecule has 178 valence electrons. The average molecular weight is 491 g/mol. The lowest BCUT2D eigenvalue weighted by atomic mass is 10.0. The third kappa shape index (κ3) is 3.84. The topological polar surface area (TPSA) is 96.4 Å². The lowest BCUT2D eigenvalue weighted by molar-refractivity contribution is -0.137. The summed E-state index contributed by atoms with van der Waals surface area (Å²) in [4.78, 5) is 38.7. The first kappa shape index (κ1) is 22.4. The van der Waals surface area contributed by atoms with Crippen LogP contribution in [0.2, 0.25) is 0 Å².